The molecule has 0 atom stereocenters. The van der Waals surface area contributed by atoms with Gasteiger partial charge in [-0.15, -0.1) is 0 Å². The first-order valence-electron chi connectivity index (χ1n) is 10.9. The van der Waals surface area contributed by atoms with Gasteiger partial charge in [0.05, 0.1) is 16.4 Å². The molecule has 0 saturated carbocycles. The molecule has 0 spiro atoms. The number of halogens is 3. The van der Waals surface area contributed by atoms with Gasteiger partial charge in [-0.05, 0) is 79.1 Å². The fourth-order valence-corrected chi connectivity index (χ4v) is 3.50. The minimum atomic E-state index is -0.395. The minimum absolute atomic E-state index is 0.343. The molecule has 2 heterocycles. The molecular weight excluding hydrogens is 532 g/mol. The van der Waals surface area contributed by atoms with Crippen molar-refractivity contribution in [2.24, 2.45) is 0 Å². The van der Waals surface area contributed by atoms with E-state index in [1.54, 1.807) is 6.20 Å². The molecule has 0 radical (unpaired) electrons. The number of carbonyl (C=O) groups is 2. The number of nitrogens with zero attached hydrogens (tertiary/aromatic N) is 3. The maximum atomic E-state index is 12.3. The Labute approximate surface area is 218 Å². The van der Waals surface area contributed by atoms with Crippen LogP contribution in [-0.4, -0.2) is 48.3 Å². The number of anilines is 1. The largest absolute Gasteiger partial charge is 0.370 e. The molecule has 0 aliphatic heterocycles. The van der Waals surface area contributed by atoms with E-state index in [4.69, 9.17) is 14.6 Å². The Balaban J connectivity index is 0.000000417. The maximum Gasteiger partial charge on any atom is 0.172 e. The van der Waals surface area contributed by atoms with Gasteiger partial charge in [0, 0.05) is 18.2 Å². The summed E-state index contributed by atoms with van der Waals surface area (Å²) in [5.41, 5.74) is 4.47. The van der Waals surface area contributed by atoms with Gasteiger partial charge in [-0.25, -0.2) is 13.8 Å². The molecule has 0 bridgehead atoms. The summed E-state index contributed by atoms with van der Waals surface area (Å²) in [6.45, 7) is 9.49. The monoisotopic (exact) mass is 561 g/mol. The predicted octanol–water partition coefficient (Wildman–Crippen LogP) is 5.39. The summed E-state index contributed by atoms with van der Waals surface area (Å²) in [6.07, 6.45) is 2.82. The van der Waals surface area contributed by atoms with Crippen LogP contribution in [0.3, 0.4) is 0 Å². The first kappa shape index (κ1) is 30.5. The lowest BCUT2D eigenvalue weighted by Gasteiger charge is -2.12. The molecular formula is C26H30BrF2N5O2. The van der Waals surface area contributed by atoms with Crippen LogP contribution in [0.1, 0.15) is 17.5 Å². The van der Waals surface area contributed by atoms with E-state index in [9.17, 15) is 8.78 Å². The first-order valence-corrected chi connectivity index (χ1v) is 11.7. The number of aromatic nitrogens is 3. The van der Waals surface area contributed by atoms with Gasteiger partial charge in [0.2, 0.25) is 0 Å². The van der Waals surface area contributed by atoms with E-state index in [0.29, 0.717) is 5.56 Å². The number of aryl methyl sites for hydroxylation is 2. The second-order valence-corrected chi connectivity index (χ2v) is 8.20. The molecule has 192 valence electrons. The van der Waals surface area contributed by atoms with Crippen LogP contribution in [-0.2, 0) is 9.59 Å². The van der Waals surface area contributed by atoms with Crippen molar-refractivity contribution in [2.45, 2.75) is 20.3 Å². The fraction of sp³-hybridized carbons (Fsp3) is 0.231. The molecule has 4 aromatic rings. The van der Waals surface area contributed by atoms with Crippen molar-refractivity contribution in [3.05, 3.63) is 82.0 Å². The zero-order chi connectivity index (χ0) is 27.1. The second kappa shape index (κ2) is 16.2. The van der Waals surface area contributed by atoms with Crippen LogP contribution >= 0.6 is 15.9 Å². The van der Waals surface area contributed by atoms with Gasteiger partial charge in [-0.2, -0.15) is 9.61 Å². The highest BCUT2D eigenvalue weighted by Crippen LogP contribution is 2.27. The fourth-order valence-electron chi connectivity index (χ4n) is 3.15. The molecule has 0 amide bonds. The zero-order valence-electron chi connectivity index (χ0n) is 20.5. The normalized spacial score (nSPS) is 9.72. The highest BCUT2D eigenvalue weighted by molar-refractivity contribution is 9.10. The lowest BCUT2D eigenvalue weighted by Crippen LogP contribution is -2.14. The smallest absolute Gasteiger partial charge is 0.172 e. The van der Waals surface area contributed by atoms with Crippen LogP contribution < -0.4 is 10.6 Å². The average molecular weight is 562 g/mol. The topological polar surface area (TPSA) is 88.4 Å². The third-order valence-electron chi connectivity index (χ3n) is 4.88. The van der Waals surface area contributed by atoms with Crippen molar-refractivity contribution in [3.8, 4) is 11.3 Å². The number of hydrogen-bond donors (Lipinski definition) is 2. The molecule has 2 aromatic heterocycles. The Bertz CT molecular complexity index is 1230. The van der Waals surface area contributed by atoms with E-state index in [1.807, 2.05) is 37.3 Å². The summed E-state index contributed by atoms with van der Waals surface area (Å²) >= 11 is 3.54. The quantitative estimate of drug-likeness (QED) is 0.307. The van der Waals surface area contributed by atoms with Crippen LogP contribution in [0.2, 0.25) is 0 Å². The Morgan fingerprint density at radius 3 is 2.28 bits per heavy atom. The van der Waals surface area contributed by atoms with Gasteiger partial charge in [-0.1, -0.05) is 24.3 Å². The molecule has 2 N–H and O–H groups in total. The standard InChI is InChI=1S/C17H20BrN5.C7H6F2.2CH2O/c1-12-6-3-4-7-13(12)15-10-16(20-9-5-8-19-2)23-17(22-15)14(18)11-21-23;1-5-4-6(8)2-3-7(5)9;2*1-2/h3-4,6-7,10-11,19-20H,5,8-9H2,1-2H3;2-4H,1H3;2*1H2. The second-order valence-electron chi connectivity index (χ2n) is 7.35. The summed E-state index contributed by atoms with van der Waals surface area (Å²) < 4.78 is 27.2. The molecule has 0 aliphatic carbocycles. The van der Waals surface area contributed by atoms with Crippen molar-refractivity contribution in [1.82, 2.24) is 19.9 Å². The van der Waals surface area contributed by atoms with Gasteiger partial charge in [0.15, 0.2) is 5.65 Å². The van der Waals surface area contributed by atoms with Gasteiger partial charge in [0.25, 0.3) is 0 Å². The van der Waals surface area contributed by atoms with E-state index < -0.39 is 5.82 Å². The molecule has 0 fully saturated rings. The summed E-state index contributed by atoms with van der Waals surface area (Å²) in [5, 5.41) is 11.0. The van der Waals surface area contributed by atoms with Gasteiger partial charge in [-0.3, -0.25) is 0 Å². The van der Waals surface area contributed by atoms with Crippen LogP contribution in [0.25, 0.3) is 16.9 Å². The minimum Gasteiger partial charge on any atom is -0.370 e. The zero-order valence-corrected chi connectivity index (χ0v) is 22.1. The van der Waals surface area contributed by atoms with E-state index in [0.717, 1.165) is 64.9 Å². The maximum absolute atomic E-state index is 12.3. The summed E-state index contributed by atoms with van der Waals surface area (Å²) in [5.74, 6) is 0.195. The van der Waals surface area contributed by atoms with E-state index in [1.165, 1.54) is 12.5 Å². The number of benzene rings is 2. The SMILES string of the molecule is C=O.C=O.CNCCCNc1cc(-c2ccccc2C)nc2c(Br)cnn12.Cc1cc(F)ccc1F. The number of fused-ring (bicyclic) bond motifs is 1. The Morgan fingerprint density at radius 1 is 0.972 bits per heavy atom. The molecule has 10 heteroatoms. The first-order chi connectivity index (χ1) is 17.4. The van der Waals surface area contributed by atoms with Crippen LogP contribution in [0, 0.1) is 25.5 Å². The number of rotatable bonds is 6. The van der Waals surface area contributed by atoms with E-state index in [-0.39, 0.29) is 5.82 Å². The molecule has 0 saturated heterocycles. The van der Waals surface area contributed by atoms with Gasteiger partial charge < -0.3 is 20.2 Å². The molecule has 7 nitrogen and oxygen atoms in total. The highest BCUT2D eigenvalue weighted by atomic mass is 79.9. The Hall–Kier alpha value is -3.50. The van der Waals surface area contributed by atoms with Crippen molar-refractivity contribution in [1.29, 1.82) is 0 Å². The van der Waals surface area contributed by atoms with E-state index in [2.05, 4.69) is 56.8 Å². The van der Waals surface area contributed by atoms with Crippen LogP contribution in [0.15, 0.2) is 59.2 Å². The Morgan fingerprint density at radius 2 is 1.67 bits per heavy atom. The predicted molar refractivity (Wildman–Crippen MR) is 143 cm³/mol. The third kappa shape index (κ3) is 8.62. The highest BCUT2D eigenvalue weighted by Gasteiger charge is 2.12. The van der Waals surface area contributed by atoms with Crippen molar-refractivity contribution in [3.63, 3.8) is 0 Å². The molecule has 0 aliphatic rings. The number of carbonyl (C=O) groups excluding carboxylic acids is 2. The number of nitrogens with one attached hydrogen (secondary N) is 2. The molecule has 36 heavy (non-hydrogen) atoms. The van der Waals surface area contributed by atoms with Gasteiger partial charge >= 0.3 is 0 Å². The van der Waals surface area contributed by atoms with Crippen molar-refractivity contribution < 1.29 is 18.4 Å². The molecule has 4 rings (SSSR count). The van der Waals surface area contributed by atoms with Crippen molar-refractivity contribution >= 4 is 41.0 Å². The average Bonchev–Trinajstić information content (AvgIpc) is 3.28. The molecule has 2 aromatic carbocycles. The van der Waals surface area contributed by atoms with Crippen molar-refractivity contribution in [2.75, 3.05) is 25.5 Å². The van der Waals surface area contributed by atoms with E-state index >= 15 is 0 Å². The lowest BCUT2D eigenvalue weighted by molar-refractivity contribution is -0.0987. The number of hydrogen-bond acceptors (Lipinski definition) is 6. The summed E-state index contributed by atoms with van der Waals surface area (Å²) in [6, 6.07) is 13.7. The Kier molecular flexibility index (Phi) is 13.8. The lowest BCUT2D eigenvalue weighted by atomic mass is 10.1. The molecule has 0 unspecified atom stereocenters. The van der Waals surface area contributed by atoms with Gasteiger partial charge in [0.1, 0.15) is 31.0 Å². The summed E-state index contributed by atoms with van der Waals surface area (Å²) in [7, 11) is 1.96. The van der Waals surface area contributed by atoms with Crippen LogP contribution in [0.4, 0.5) is 14.6 Å². The third-order valence-corrected chi connectivity index (χ3v) is 5.44. The summed E-state index contributed by atoms with van der Waals surface area (Å²) in [4.78, 5) is 20.8. The van der Waals surface area contributed by atoms with Crippen LogP contribution in [0.5, 0.6) is 0 Å².